The Balaban J connectivity index is 0.000000168. The van der Waals surface area contributed by atoms with Crippen LogP contribution in [-0.4, -0.2) is 30.3 Å². The molecule has 0 saturated carbocycles. The lowest BCUT2D eigenvalue weighted by atomic mass is 9.87. The van der Waals surface area contributed by atoms with E-state index in [0.29, 0.717) is 11.7 Å². The van der Waals surface area contributed by atoms with Crippen molar-refractivity contribution in [3.63, 3.8) is 0 Å². The Morgan fingerprint density at radius 1 is 1.06 bits per heavy atom. The summed E-state index contributed by atoms with van der Waals surface area (Å²) in [5.41, 5.74) is 0. The minimum atomic E-state index is 0.440. The molecule has 94 valence electrons. The molecule has 0 aromatic carbocycles. The molecule has 0 aliphatic carbocycles. The SMILES string of the molecule is CCCCCCC.O=C1CN2CCC1CC2. The predicted molar refractivity (Wildman–Crippen MR) is 68.6 cm³/mol. The van der Waals surface area contributed by atoms with Crippen LogP contribution in [-0.2, 0) is 4.79 Å². The maximum Gasteiger partial charge on any atom is 0.149 e. The molecule has 16 heavy (non-hydrogen) atoms. The molecule has 3 aliphatic rings. The zero-order valence-corrected chi connectivity index (χ0v) is 11.0. The zero-order valence-electron chi connectivity index (χ0n) is 11.0. The smallest absolute Gasteiger partial charge is 0.149 e. The quantitative estimate of drug-likeness (QED) is 0.684. The molecule has 0 N–H and O–H groups in total. The fourth-order valence-corrected chi connectivity index (χ4v) is 2.44. The fraction of sp³-hybridized carbons (Fsp3) is 0.929. The Labute approximate surface area is 100 Å². The summed E-state index contributed by atoms with van der Waals surface area (Å²) in [6.07, 6.45) is 9.26. The lowest BCUT2D eigenvalue weighted by molar-refractivity contribution is -0.130. The Kier molecular flexibility index (Phi) is 6.70. The highest BCUT2D eigenvalue weighted by atomic mass is 16.1. The first-order chi connectivity index (χ1) is 7.77. The largest absolute Gasteiger partial charge is 0.298 e. The van der Waals surface area contributed by atoms with Crippen molar-refractivity contribution in [3.8, 4) is 0 Å². The van der Waals surface area contributed by atoms with E-state index in [-0.39, 0.29) is 0 Å². The van der Waals surface area contributed by atoms with Gasteiger partial charge in [-0.05, 0) is 25.9 Å². The highest BCUT2D eigenvalue weighted by Crippen LogP contribution is 2.23. The van der Waals surface area contributed by atoms with Crippen LogP contribution in [0.4, 0.5) is 0 Å². The molecule has 3 fully saturated rings. The Morgan fingerprint density at radius 2 is 1.62 bits per heavy atom. The van der Waals surface area contributed by atoms with E-state index in [4.69, 9.17) is 0 Å². The Bertz CT molecular complexity index is 191. The van der Waals surface area contributed by atoms with Gasteiger partial charge in [-0.25, -0.2) is 0 Å². The molecule has 3 aliphatic heterocycles. The van der Waals surface area contributed by atoms with Crippen LogP contribution in [0.3, 0.4) is 0 Å². The molecular formula is C14H27NO. The zero-order chi connectivity index (χ0) is 11.8. The summed E-state index contributed by atoms with van der Waals surface area (Å²) in [6.45, 7) is 7.56. The van der Waals surface area contributed by atoms with Crippen LogP contribution in [0.2, 0.25) is 0 Å². The third-order valence-electron chi connectivity index (χ3n) is 3.63. The molecule has 3 saturated heterocycles. The lowest BCUT2D eigenvalue weighted by Crippen LogP contribution is -2.47. The highest BCUT2D eigenvalue weighted by molar-refractivity contribution is 5.84. The summed E-state index contributed by atoms with van der Waals surface area (Å²) in [5.74, 6) is 0.919. The van der Waals surface area contributed by atoms with Gasteiger partial charge in [-0.2, -0.15) is 0 Å². The molecule has 2 nitrogen and oxygen atoms in total. The van der Waals surface area contributed by atoms with Crippen LogP contribution in [0.25, 0.3) is 0 Å². The number of hydrogen-bond donors (Lipinski definition) is 0. The van der Waals surface area contributed by atoms with Gasteiger partial charge in [-0.1, -0.05) is 46.0 Å². The molecule has 0 atom stereocenters. The van der Waals surface area contributed by atoms with E-state index in [0.717, 1.165) is 32.5 Å². The lowest BCUT2D eigenvalue weighted by Gasteiger charge is -2.37. The Morgan fingerprint density at radius 3 is 1.88 bits per heavy atom. The molecule has 2 bridgehead atoms. The molecule has 0 aromatic rings. The summed E-state index contributed by atoms with van der Waals surface area (Å²) in [5, 5.41) is 0. The number of rotatable bonds is 4. The topological polar surface area (TPSA) is 20.3 Å². The number of carbonyl (C=O) groups is 1. The van der Waals surface area contributed by atoms with Crippen LogP contribution >= 0.6 is 0 Å². The van der Waals surface area contributed by atoms with Gasteiger partial charge in [0.25, 0.3) is 0 Å². The summed E-state index contributed by atoms with van der Waals surface area (Å²) < 4.78 is 0. The average Bonchev–Trinajstić information content (AvgIpc) is 2.32. The minimum absolute atomic E-state index is 0.440. The molecule has 3 heterocycles. The van der Waals surface area contributed by atoms with Crippen molar-refractivity contribution in [1.82, 2.24) is 4.90 Å². The number of unbranched alkanes of at least 4 members (excludes halogenated alkanes) is 4. The van der Waals surface area contributed by atoms with Crippen LogP contribution < -0.4 is 0 Å². The number of fused-ring (bicyclic) bond motifs is 3. The van der Waals surface area contributed by atoms with E-state index in [1.807, 2.05) is 0 Å². The van der Waals surface area contributed by atoms with Crippen molar-refractivity contribution in [2.75, 3.05) is 19.6 Å². The first-order valence-electron chi connectivity index (χ1n) is 7.03. The van der Waals surface area contributed by atoms with Gasteiger partial charge in [-0.3, -0.25) is 9.69 Å². The standard InChI is InChI=1S/C7H11NO.C7H16/c9-7-5-8-3-1-6(7)2-4-8;1-3-5-7-6-4-2/h6H,1-5H2;3-7H2,1-2H3. The number of ketones is 1. The third-order valence-corrected chi connectivity index (χ3v) is 3.63. The van der Waals surface area contributed by atoms with Gasteiger partial charge in [0.05, 0.1) is 6.54 Å². The molecule has 2 heteroatoms. The van der Waals surface area contributed by atoms with Gasteiger partial charge >= 0.3 is 0 Å². The van der Waals surface area contributed by atoms with Gasteiger partial charge in [0.15, 0.2) is 0 Å². The molecule has 0 aromatic heterocycles. The second kappa shape index (κ2) is 7.83. The maximum atomic E-state index is 11.0. The summed E-state index contributed by atoms with van der Waals surface area (Å²) in [7, 11) is 0. The van der Waals surface area contributed by atoms with Crippen LogP contribution in [0.5, 0.6) is 0 Å². The van der Waals surface area contributed by atoms with Crippen molar-refractivity contribution in [2.45, 2.75) is 58.8 Å². The fourth-order valence-electron chi connectivity index (χ4n) is 2.44. The summed E-state index contributed by atoms with van der Waals surface area (Å²) in [4.78, 5) is 13.3. The van der Waals surface area contributed by atoms with E-state index in [1.54, 1.807) is 0 Å². The molecule has 3 rings (SSSR count). The van der Waals surface area contributed by atoms with Gasteiger partial charge < -0.3 is 0 Å². The number of Topliss-reactive ketones (excluding diaryl/α,β-unsaturated/α-hetero) is 1. The third kappa shape index (κ3) is 4.65. The van der Waals surface area contributed by atoms with Gasteiger partial charge in [0.1, 0.15) is 5.78 Å². The monoisotopic (exact) mass is 225 g/mol. The van der Waals surface area contributed by atoms with E-state index < -0.39 is 0 Å². The van der Waals surface area contributed by atoms with Crippen molar-refractivity contribution >= 4 is 5.78 Å². The number of carbonyl (C=O) groups excluding carboxylic acids is 1. The first kappa shape index (κ1) is 13.7. The second-order valence-corrected chi connectivity index (χ2v) is 5.08. The van der Waals surface area contributed by atoms with Crippen LogP contribution in [0.15, 0.2) is 0 Å². The number of piperidine rings is 3. The van der Waals surface area contributed by atoms with Crippen molar-refractivity contribution in [2.24, 2.45) is 5.92 Å². The molecule has 0 amide bonds. The maximum absolute atomic E-state index is 11.0. The van der Waals surface area contributed by atoms with E-state index >= 15 is 0 Å². The molecule has 0 spiro atoms. The normalized spacial score (nSPS) is 27.5. The van der Waals surface area contributed by atoms with Crippen molar-refractivity contribution in [3.05, 3.63) is 0 Å². The van der Waals surface area contributed by atoms with Crippen molar-refractivity contribution < 1.29 is 4.79 Å². The number of hydrogen-bond acceptors (Lipinski definition) is 2. The van der Waals surface area contributed by atoms with Crippen LogP contribution in [0, 0.1) is 5.92 Å². The predicted octanol–water partition coefficient (Wildman–Crippen LogP) is 3.26. The second-order valence-electron chi connectivity index (χ2n) is 5.08. The highest BCUT2D eigenvalue weighted by Gasteiger charge is 2.31. The first-order valence-corrected chi connectivity index (χ1v) is 7.03. The molecular weight excluding hydrogens is 198 g/mol. The summed E-state index contributed by atoms with van der Waals surface area (Å²) >= 11 is 0. The van der Waals surface area contributed by atoms with Gasteiger partial charge in [0.2, 0.25) is 0 Å². The number of nitrogens with zero attached hydrogens (tertiary/aromatic N) is 1. The van der Waals surface area contributed by atoms with E-state index in [9.17, 15) is 4.79 Å². The van der Waals surface area contributed by atoms with Crippen molar-refractivity contribution in [1.29, 1.82) is 0 Å². The minimum Gasteiger partial charge on any atom is -0.298 e. The average molecular weight is 225 g/mol. The van der Waals surface area contributed by atoms with E-state index in [2.05, 4.69) is 18.7 Å². The Hall–Kier alpha value is -0.370. The van der Waals surface area contributed by atoms with Gasteiger partial charge in [0, 0.05) is 5.92 Å². The van der Waals surface area contributed by atoms with Gasteiger partial charge in [-0.15, -0.1) is 0 Å². The van der Waals surface area contributed by atoms with E-state index in [1.165, 1.54) is 32.1 Å². The summed E-state index contributed by atoms with van der Waals surface area (Å²) in [6, 6.07) is 0. The molecule has 0 radical (unpaired) electrons. The van der Waals surface area contributed by atoms with Crippen LogP contribution in [0.1, 0.15) is 58.8 Å². The molecule has 0 unspecified atom stereocenters.